The molecule has 0 aromatic carbocycles. The van der Waals surface area contributed by atoms with E-state index in [1.165, 1.54) is 0 Å². The number of carbonyl (C=O) groups excluding carboxylic acids is 7. The standard InChI is InChI=1S/C21H29NO14/c1-9(24)22-17-15(31-10(2)25)7-21(35-14(6)29,20(30)34-13(5)28)36-19(17)18(33-12(4)27)16(8-23)32-11(3)26/h15-19,23H,7-8H2,1-6H3,(H,22,24)/t15-,16+,17+,18+,19+,21?/m0/s1. The molecule has 0 aliphatic carbocycles. The Hall–Kier alpha value is -3.59. The van der Waals surface area contributed by atoms with Crippen molar-refractivity contribution in [2.45, 2.75) is 84.2 Å². The number of nitrogens with one attached hydrogen (secondary N) is 1. The summed E-state index contributed by atoms with van der Waals surface area (Å²) in [7, 11) is 0. The van der Waals surface area contributed by atoms with Crippen LogP contribution in [0.5, 0.6) is 0 Å². The SMILES string of the molecule is CC(=O)N[C@H]1[C@H]([C@H](OC(C)=O)[C@@H](CO)OC(C)=O)OC(OC(C)=O)(C(=O)OC(C)=O)C[C@@H]1OC(C)=O. The first-order chi connectivity index (χ1) is 16.6. The Kier molecular flexibility index (Phi) is 10.9. The minimum absolute atomic E-state index is 0.688. The first-order valence-electron chi connectivity index (χ1n) is 10.6. The summed E-state index contributed by atoms with van der Waals surface area (Å²) in [4.78, 5) is 83.7. The zero-order valence-electron chi connectivity index (χ0n) is 20.6. The van der Waals surface area contributed by atoms with Crippen LogP contribution in [0.2, 0.25) is 0 Å². The van der Waals surface area contributed by atoms with Gasteiger partial charge in [0.15, 0.2) is 12.2 Å². The lowest BCUT2D eigenvalue weighted by Gasteiger charge is -2.47. The molecule has 202 valence electrons. The van der Waals surface area contributed by atoms with Crippen LogP contribution in [0.1, 0.15) is 48.0 Å². The fraction of sp³-hybridized carbons (Fsp3) is 0.667. The second-order valence-corrected chi connectivity index (χ2v) is 7.79. The summed E-state index contributed by atoms with van der Waals surface area (Å²) in [6, 6.07) is -1.41. The molecule has 0 radical (unpaired) electrons. The first-order valence-corrected chi connectivity index (χ1v) is 10.6. The van der Waals surface area contributed by atoms with E-state index >= 15 is 0 Å². The van der Waals surface area contributed by atoms with Crippen molar-refractivity contribution < 1.29 is 67.1 Å². The van der Waals surface area contributed by atoms with Crippen LogP contribution in [0.25, 0.3) is 0 Å². The summed E-state index contributed by atoms with van der Waals surface area (Å²) in [5.41, 5.74) is 0. The van der Waals surface area contributed by atoms with Crippen molar-refractivity contribution in [1.82, 2.24) is 5.32 Å². The number of amides is 1. The predicted molar refractivity (Wildman–Crippen MR) is 112 cm³/mol. The normalized spacial score (nSPS) is 24.8. The molecule has 15 heteroatoms. The molecule has 0 spiro atoms. The number of ether oxygens (including phenoxy) is 6. The molecule has 0 aromatic rings. The second-order valence-electron chi connectivity index (χ2n) is 7.79. The van der Waals surface area contributed by atoms with E-state index in [1.807, 2.05) is 0 Å². The smallest absolute Gasteiger partial charge is 0.387 e. The van der Waals surface area contributed by atoms with Crippen molar-refractivity contribution in [2.24, 2.45) is 0 Å². The fourth-order valence-electron chi connectivity index (χ4n) is 3.60. The molecule has 0 aromatic heterocycles. The highest BCUT2D eigenvalue weighted by Crippen LogP contribution is 2.37. The van der Waals surface area contributed by atoms with Gasteiger partial charge in [-0.1, -0.05) is 0 Å². The summed E-state index contributed by atoms with van der Waals surface area (Å²) in [6.45, 7) is 4.93. The van der Waals surface area contributed by atoms with E-state index in [-0.39, 0.29) is 0 Å². The van der Waals surface area contributed by atoms with Crippen molar-refractivity contribution in [3.05, 3.63) is 0 Å². The van der Waals surface area contributed by atoms with Gasteiger partial charge in [0.2, 0.25) is 5.91 Å². The number of hydrogen-bond donors (Lipinski definition) is 2. The van der Waals surface area contributed by atoms with E-state index in [9.17, 15) is 38.7 Å². The third-order valence-electron chi connectivity index (χ3n) is 4.58. The quantitative estimate of drug-likeness (QED) is 0.200. The Morgan fingerprint density at radius 1 is 0.889 bits per heavy atom. The highest BCUT2D eigenvalue weighted by atomic mass is 16.8. The molecular formula is C21H29NO14. The van der Waals surface area contributed by atoms with E-state index < -0.39 is 91.0 Å². The Morgan fingerprint density at radius 2 is 1.47 bits per heavy atom. The molecule has 0 bridgehead atoms. The molecule has 1 aliphatic heterocycles. The van der Waals surface area contributed by atoms with E-state index in [0.29, 0.717) is 0 Å². The van der Waals surface area contributed by atoms with Crippen LogP contribution in [-0.2, 0) is 62.0 Å². The average molecular weight is 519 g/mol. The predicted octanol–water partition coefficient (Wildman–Crippen LogP) is -1.58. The van der Waals surface area contributed by atoms with Crippen LogP contribution in [0.4, 0.5) is 0 Å². The lowest BCUT2D eigenvalue weighted by atomic mass is 9.88. The maximum Gasteiger partial charge on any atom is 0.387 e. The van der Waals surface area contributed by atoms with Gasteiger partial charge in [-0.3, -0.25) is 28.8 Å². The Labute approximate surface area is 205 Å². The van der Waals surface area contributed by atoms with Gasteiger partial charge >= 0.3 is 41.6 Å². The van der Waals surface area contributed by atoms with Crippen molar-refractivity contribution in [2.75, 3.05) is 6.61 Å². The number of aliphatic hydroxyl groups is 1. The van der Waals surface area contributed by atoms with Crippen LogP contribution in [0.3, 0.4) is 0 Å². The third-order valence-corrected chi connectivity index (χ3v) is 4.58. The first kappa shape index (κ1) is 30.4. The molecule has 0 saturated carbocycles. The van der Waals surface area contributed by atoms with Crippen LogP contribution in [0.15, 0.2) is 0 Å². The lowest BCUT2D eigenvalue weighted by Crippen LogP contribution is -2.69. The summed E-state index contributed by atoms with van der Waals surface area (Å²) in [5.74, 6) is -9.91. The van der Waals surface area contributed by atoms with Crippen LogP contribution < -0.4 is 5.32 Å². The Bertz CT molecular complexity index is 901. The number of esters is 6. The maximum atomic E-state index is 12.9. The average Bonchev–Trinajstić information content (AvgIpc) is 2.70. The van der Waals surface area contributed by atoms with Gasteiger partial charge in [0, 0.05) is 41.5 Å². The van der Waals surface area contributed by atoms with Gasteiger partial charge in [-0.05, 0) is 0 Å². The van der Waals surface area contributed by atoms with Crippen LogP contribution >= 0.6 is 0 Å². The van der Waals surface area contributed by atoms with E-state index in [4.69, 9.17) is 23.7 Å². The largest absolute Gasteiger partial charge is 0.460 e. The second kappa shape index (κ2) is 12.9. The van der Waals surface area contributed by atoms with Crippen LogP contribution in [-0.4, -0.2) is 89.7 Å². The van der Waals surface area contributed by atoms with E-state index in [2.05, 4.69) is 10.1 Å². The molecule has 1 heterocycles. The molecule has 1 unspecified atom stereocenters. The molecule has 1 fully saturated rings. The number of carbonyl (C=O) groups is 7. The Balaban J connectivity index is 3.82. The van der Waals surface area contributed by atoms with Crippen molar-refractivity contribution in [3.8, 4) is 0 Å². The van der Waals surface area contributed by atoms with E-state index in [1.54, 1.807) is 0 Å². The van der Waals surface area contributed by atoms with Gasteiger partial charge in [0.25, 0.3) is 0 Å². The minimum Gasteiger partial charge on any atom is -0.460 e. The summed E-state index contributed by atoms with van der Waals surface area (Å²) >= 11 is 0. The van der Waals surface area contributed by atoms with Gasteiger partial charge < -0.3 is 38.8 Å². The van der Waals surface area contributed by atoms with Crippen LogP contribution in [0, 0.1) is 0 Å². The van der Waals surface area contributed by atoms with Crippen molar-refractivity contribution in [1.29, 1.82) is 0 Å². The summed E-state index contributed by atoms with van der Waals surface area (Å²) in [5, 5.41) is 12.3. The van der Waals surface area contributed by atoms with Gasteiger partial charge in [-0.2, -0.15) is 0 Å². The number of aliphatic hydroxyl groups excluding tert-OH is 1. The lowest BCUT2D eigenvalue weighted by molar-refractivity contribution is -0.303. The van der Waals surface area contributed by atoms with Crippen molar-refractivity contribution in [3.63, 3.8) is 0 Å². The zero-order chi connectivity index (χ0) is 27.8. The number of hydrogen-bond acceptors (Lipinski definition) is 14. The minimum atomic E-state index is -2.74. The highest BCUT2D eigenvalue weighted by molar-refractivity contribution is 5.90. The van der Waals surface area contributed by atoms with Gasteiger partial charge in [-0.15, -0.1) is 0 Å². The topological polar surface area (TPSA) is 207 Å². The fourth-order valence-corrected chi connectivity index (χ4v) is 3.60. The molecular weight excluding hydrogens is 490 g/mol. The molecule has 6 atom stereocenters. The molecule has 36 heavy (non-hydrogen) atoms. The highest BCUT2D eigenvalue weighted by Gasteiger charge is 2.60. The Morgan fingerprint density at radius 3 is 1.89 bits per heavy atom. The zero-order valence-corrected chi connectivity index (χ0v) is 20.6. The van der Waals surface area contributed by atoms with Gasteiger partial charge in [-0.25, -0.2) is 4.79 Å². The molecule has 2 N–H and O–H groups in total. The summed E-state index contributed by atoms with van der Waals surface area (Å²) < 4.78 is 30.9. The van der Waals surface area contributed by atoms with Crippen molar-refractivity contribution >= 4 is 41.7 Å². The molecule has 1 saturated heterocycles. The third kappa shape index (κ3) is 8.57. The monoisotopic (exact) mass is 519 g/mol. The van der Waals surface area contributed by atoms with E-state index in [0.717, 1.165) is 41.5 Å². The molecule has 15 nitrogen and oxygen atoms in total. The number of rotatable bonds is 9. The summed E-state index contributed by atoms with van der Waals surface area (Å²) in [6.07, 6.45) is -7.41. The molecule has 1 amide bonds. The van der Waals surface area contributed by atoms with Gasteiger partial charge in [0.1, 0.15) is 12.2 Å². The molecule has 1 rings (SSSR count). The van der Waals surface area contributed by atoms with Gasteiger partial charge in [0.05, 0.1) is 19.1 Å². The maximum absolute atomic E-state index is 12.9. The molecule has 1 aliphatic rings.